The van der Waals surface area contributed by atoms with E-state index in [1.165, 1.54) is 0 Å². The number of hydrogen-bond acceptors (Lipinski definition) is 6. The molecule has 0 saturated carbocycles. The molecule has 0 aliphatic heterocycles. The van der Waals surface area contributed by atoms with Crippen molar-refractivity contribution >= 4 is 27.5 Å². The van der Waals surface area contributed by atoms with Gasteiger partial charge in [0.05, 0.1) is 12.5 Å². The fourth-order valence-corrected chi connectivity index (χ4v) is 2.76. The number of aryl methyl sites for hydroxylation is 1. The molecule has 0 atom stereocenters. The van der Waals surface area contributed by atoms with E-state index < -0.39 is 0 Å². The number of rotatable bonds is 3. The summed E-state index contributed by atoms with van der Waals surface area (Å²) in [4.78, 5) is 10.4. The number of benzene rings is 1. The van der Waals surface area contributed by atoms with E-state index in [-0.39, 0.29) is 5.95 Å². The molecule has 2 N–H and O–H groups in total. The topological polar surface area (TPSA) is 70.3 Å². The van der Waals surface area contributed by atoms with Crippen LogP contribution in [0.1, 0.15) is 4.88 Å². The SMILES string of the molecule is COc1cccc(Oc2nc(N)nc3sc(C)cc23)c1. The Hall–Kier alpha value is -2.34. The van der Waals surface area contributed by atoms with Gasteiger partial charge in [-0.05, 0) is 25.1 Å². The number of hydrogen-bond donors (Lipinski definition) is 1. The molecule has 0 amide bonds. The van der Waals surface area contributed by atoms with Crippen LogP contribution in [-0.4, -0.2) is 17.1 Å². The normalized spacial score (nSPS) is 10.7. The van der Waals surface area contributed by atoms with Gasteiger partial charge in [0.15, 0.2) is 0 Å². The average Bonchev–Trinajstić information content (AvgIpc) is 2.79. The van der Waals surface area contributed by atoms with Gasteiger partial charge in [-0.1, -0.05) is 6.07 Å². The maximum absolute atomic E-state index is 5.82. The van der Waals surface area contributed by atoms with Gasteiger partial charge in [0, 0.05) is 10.9 Å². The summed E-state index contributed by atoms with van der Waals surface area (Å²) in [6.07, 6.45) is 0. The van der Waals surface area contributed by atoms with E-state index in [2.05, 4.69) is 9.97 Å². The summed E-state index contributed by atoms with van der Waals surface area (Å²) in [6.45, 7) is 2.01. The largest absolute Gasteiger partial charge is 0.497 e. The van der Waals surface area contributed by atoms with Crippen molar-refractivity contribution in [2.45, 2.75) is 6.92 Å². The van der Waals surface area contributed by atoms with Gasteiger partial charge in [-0.2, -0.15) is 4.98 Å². The Morgan fingerprint density at radius 2 is 1.95 bits per heavy atom. The summed E-state index contributed by atoms with van der Waals surface area (Å²) in [7, 11) is 1.61. The number of ether oxygens (including phenoxy) is 2. The fraction of sp³-hybridized carbons (Fsp3) is 0.143. The lowest BCUT2D eigenvalue weighted by Crippen LogP contribution is -1.97. The number of nitrogen functional groups attached to an aromatic ring is 1. The van der Waals surface area contributed by atoms with Gasteiger partial charge < -0.3 is 15.2 Å². The lowest BCUT2D eigenvalue weighted by molar-refractivity contribution is 0.408. The van der Waals surface area contributed by atoms with Crippen LogP contribution in [0.5, 0.6) is 17.4 Å². The number of thiophene rings is 1. The van der Waals surface area contributed by atoms with Crippen molar-refractivity contribution in [2.24, 2.45) is 0 Å². The zero-order valence-corrected chi connectivity index (χ0v) is 11.9. The maximum atomic E-state index is 5.82. The van der Waals surface area contributed by atoms with Crippen LogP contribution >= 0.6 is 11.3 Å². The predicted octanol–water partition coefficient (Wildman–Crippen LogP) is 3.38. The smallest absolute Gasteiger partial charge is 0.232 e. The molecule has 0 saturated heterocycles. The Morgan fingerprint density at radius 1 is 1.15 bits per heavy atom. The minimum absolute atomic E-state index is 0.206. The second-order valence-corrected chi connectivity index (χ2v) is 5.48. The van der Waals surface area contributed by atoms with Gasteiger partial charge in [-0.15, -0.1) is 11.3 Å². The summed E-state index contributed by atoms with van der Waals surface area (Å²) in [5.41, 5.74) is 5.72. The molecule has 0 aliphatic rings. The van der Waals surface area contributed by atoms with Crippen molar-refractivity contribution in [1.82, 2.24) is 9.97 Å². The van der Waals surface area contributed by atoms with E-state index in [4.69, 9.17) is 15.2 Å². The minimum atomic E-state index is 0.206. The third-order valence-electron chi connectivity index (χ3n) is 2.75. The molecule has 2 aromatic heterocycles. The molecule has 5 nitrogen and oxygen atoms in total. The molecule has 0 fully saturated rings. The molecular formula is C14H13N3O2S. The van der Waals surface area contributed by atoms with Crippen LogP contribution in [0.15, 0.2) is 30.3 Å². The van der Waals surface area contributed by atoms with Crippen LogP contribution in [0.2, 0.25) is 0 Å². The Kier molecular flexibility index (Phi) is 3.15. The first kappa shape index (κ1) is 12.7. The Bertz CT molecular complexity index is 770. The first-order valence-electron chi connectivity index (χ1n) is 6.01. The molecule has 0 unspecified atom stereocenters. The lowest BCUT2D eigenvalue weighted by Gasteiger charge is -2.07. The van der Waals surface area contributed by atoms with Crippen LogP contribution in [-0.2, 0) is 0 Å². The Balaban J connectivity index is 2.05. The molecule has 0 bridgehead atoms. The van der Waals surface area contributed by atoms with Crippen LogP contribution in [0.4, 0.5) is 5.95 Å². The van der Waals surface area contributed by atoms with Crippen molar-refractivity contribution in [3.8, 4) is 17.4 Å². The van der Waals surface area contributed by atoms with E-state index in [0.717, 1.165) is 20.8 Å². The van der Waals surface area contributed by atoms with Gasteiger partial charge in [-0.3, -0.25) is 0 Å². The standard InChI is InChI=1S/C14H13N3O2S/c1-8-6-11-12(16-14(15)17-13(11)20-8)19-10-5-3-4-9(7-10)18-2/h3-7H,1-2H3,(H2,15,16,17). The Labute approximate surface area is 120 Å². The van der Waals surface area contributed by atoms with Gasteiger partial charge in [-0.25, -0.2) is 4.98 Å². The number of nitrogens with two attached hydrogens (primary N) is 1. The molecule has 3 rings (SSSR count). The van der Waals surface area contributed by atoms with E-state index in [9.17, 15) is 0 Å². The summed E-state index contributed by atoms with van der Waals surface area (Å²) >= 11 is 1.56. The van der Waals surface area contributed by atoms with Crippen LogP contribution in [0.3, 0.4) is 0 Å². The van der Waals surface area contributed by atoms with Gasteiger partial charge in [0.2, 0.25) is 11.8 Å². The molecule has 6 heteroatoms. The molecule has 102 valence electrons. The van der Waals surface area contributed by atoms with E-state index >= 15 is 0 Å². The number of fused-ring (bicyclic) bond motifs is 1. The summed E-state index contributed by atoms with van der Waals surface area (Å²) in [5.74, 6) is 2.04. The molecule has 0 aliphatic carbocycles. The summed E-state index contributed by atoms with van der Waals surface area (Å²) in [5, 5.41) is 0.865. The second kappa shape index (κ2) is 4.97. The molecule has 1 aromatic carbocycles. The number of nitrogens with zero attached hydrogens (tertiary/aromatic N) is 2. The zero-order chi connectivity index (χ0) is 14.1. The number of anilines is 1. The van der Waals surface area contributed by atoms with Crippen molar-refractivity contribution < 1.29 is 9.47 Å². The fourth-order valence-electron chi connectivity index (χ4n) is 1.89. The molecule has 0 radical (unpaired) electrons. The van der Waals surface area contributed by atoms with Crippen LogP contribution in [0.25, 0.3) is 10.2 Å². The highest BCUT2D eigenvalue weighted by Gasteiger charge is 2.11. The summed E-state index contributed by atoms with van der Waals surface area (Å²) in [6, 6.07) is 9.34. The second-order valence-electron chi connectivity index (χ2n) is 4.24. The minimum Gasteiger partial charge on any atom is -0.497 e. The van der Waals surface area contributed by atoms with Gasteiger partial charge >= 0.3 is 0 Å². The van der Waals surface area contributed by atoms with Gasteiger partial charge in [0.25, 0.3) is 0 Å². The highest BCUT2D eigenvalue weighted by molar-refractivity contribution is 7.18. The molecule has 0 spiro atoms. The van der Waals surface area contributed by atoms with E-state index in [0.29, 0.717) is 11.6 Å². The molecule has 2 heterocycles. The molecule has 3 aromatic rings. The van der Waals surface area contributed by atoms with Crippen molar-refractivity contribution in [3.05, 3.63) is 35.2 Å². The van der Waals surface area contributed by atoms with Crippen molar-refractivity contribution in [2.75, 3.05) is 12.8 Å². The summed E-state index contributed by atoms with van der Waals surface area (Å²) < 4.78 is 11.0. The van der Waals surface area contributed by atoms with Crippen molar-refractivity contribution in [1.29, 1.82) is 0 Å². The highest BCUT2D eigenvalue weighted by atomic mass is 32.1. The molecular weight excluding hydrogens is 274 g/mol. The van der Waals surface area contributed by atoms with Crippen LogP contribution in [0, 0.1) is 6.92 Å². The quantitative estimate of drug-likeness (QED) is 0.799. The highest BCUT2D eigenvalue weighted by Crippen LogP contribution is 2.33. The van der Waals surface area contributed by atoms with Crippen LogP contribution < -0.4 is 15.2 Å². The first-order valence-corrected chi connectivity index (χ1v) is 6.83. The third kappa shape index (κ3) is 2.37. The Morgan fingerprint density at radius 3 is 2.75 bits per heavy atom. The number of aromatic nitrogens is 2. The predicted molar refractivity (Wildman–Crippen MR) is 79.6 cm³/mol. The molecule has 20 heavy (non-hydrogen) atoms. The third-order valence-corrected chi connectivity index (χ3v) is 3.70. The van der Waals surface area contributed by atoms with Crippen molar-refractivity contribution in [3.63, 3.8) is 0 Å². The average molecular weight is 287 g/mol. The lowest BCUT2D eigenvalue weighted by atomic mass is 10.3. The zero-order valence-electron chi connectivity index (χ0n) is 11.1. The maximum Gasteiger partial charge on any atom is 0.232 e. The van der Waals surface area contributed by atoms with Gasteiger partial charge in [0.1, 0.15) is 16.3 Å². The number of methoxy groups -OCH3 is 1. The first-order chi connectivity index (χ1) is 9.65. The van der Waals surface area contributed by atoms with E-state index in [1.54, 1.807) is 24.5 Å². The van der Waals surface area contributed by atoms with E-state index in [1.807, 2.05) is 31.2 Å². The monoisotopic (exact) mass is 287 g/mol.